The molecule has 0 saturated heterocycles. The van der Waals surface area contributed by atoms with Crippen molar-refractivity contribution in [2.24, 2.45) is 0 Å². The summed E-state index contributed by atoms with van der Waals surface area (Å²) < 4.78 is 6.37. The van der Waals surface area contributed by atoms with Gasteiger partial charge in [-0.1, -0.05) is 23.2 Å². The SMILES string of the molecule is CN(Cc1ccc(Cl)s1)C(=O)COc1ccc(Cl)c2cccnc12. The second kappa shape index (κ2) is 7.38. The lowest BCUT2D eigenvalue weighted by molar-refractivity contribution is -0.132. The van der Waals surface area contributed by atoms with Crippen molar-refractivity contribution in [1.29, 1.82) is 0 Å². The Balaban J connectivity index is 1.67. The molecular formula is C17H14Cl2N2O2S. The van der Waals surface area contributed by atoms with E-state index in [1.54, 1.807) is 30.3 Å². The van der Waals surface area contributed by atoms with Gasteiger partial charge in [0.2, 0.25) is 0 Å². The molecule has 0 saturated carbocycles. The fourth-order valence-corrected chi connectivity index (χ4v) is 3.59. The van der Waals surface area contributed by atoms with Crippen LogP contribution >= 0.6 is 34.5 Å². The maximum absolute atomic E-state index is 12.3. The Morgan fingerprint density at radius 3 is 2.83 bits per heavy atom. The zero-order valence-electron chi connectivity index (χ0n) is 12.8. The second-order valence-corrected chi connectivity index (χ2v) is 7.40. The number of benzene rings is 1. The van der Waals surface area contributed by atoms with Gasteiger partial charge >= 0.3 is 0 Å². The zero-order valence-corrected chi connectivity index (χ0v) is 15.2. The molecule has 4 nitrogen and oxygen atoms in total. The Morgan fingerprint density at radius 2 is 2.08 bits per heavy atom. The number of pyridine rings is 1. The van der Waals surface area contributed by atoms with Crippen LogP contribution in [0.25, 0.3) is 10.9 Å². The Morgan fingerprint density at radius 1 is 1.25 bits per heavy atom. The Bertz CT molecular complexity index is 882. The number of rotatable bonds is 5. The minimum Gasteiger partial charge on any atom is -0.481 e. The van der Waals surface area contributed by atoms with Gasteiger partial charge in [-0.25, -0.2) is 0 Å². The topological polar surface area (TPSA) is 42.4 Å². The van der Waals surface area contributed by atoms with Gasteiger partial charge in [-0.3, -0.25) is 9.78 Å². The Labute approximate surface area is 153 Å². The van der Waals surface area contributed by atoms with E-state index >= 15 is 0 Å². The van der Waals surface area contributed by atoms with Crippen molar-refractivity contribution >= 4 is 51.3 Å². The molecule has 0 aliphatic heterocycles. The number of aromatic nitrogens is 1. The number of hydrogen-bond acceptors (Lipinski definition) is 4. The van der Waals surface area contributed by atoms with Crippen LogP contribution < -0.4 is 4.74 Å². The molecular weight excluding hydrogens is 367 g/mol. The van der Waals surface area contributed by atoms with E-state index in [9.17, 15) is 4.79 Å². The summed E-state index contributed by atoms with van der Waals surface area (Å²) in [5.74, 6) is 0.412. The largest absolute Gasteiger partial charge is 0.481 e. The average Bonchev–Trinajstić information content (AvgIpc) is 2.99. The highest BCUT2D eigenvalue weighted by Crippen LogP contribution is 2.29. The molecule has 1 amide bonds. The third-order valence-corrected chi connectivity index (χ3v) is 5.02. The molecule has 0 N–H and O–H groups in total. The van der Waals surface area contributed by atoms with Gasteiger partial charge in [0.15, 0.2) is 6.61 Å². The first kappa shape index (κ1) is 17.0. The summed E-state index contributed by atoms with van der Waals surface area (Å²) in [5, 5.41) is 1.40. The second-order valence-electron chi connectivity index (χ2n) is 5.19. The van der Waals surface area contributed by atoms with E-state index in [0.717, 1.165) is 10.3 Å². The van der Waals surface area contributed by atoms with Crippen molar-refractivity contribution in [2.45, 2.75) is 6.54 Å². The quantitative estimate of drug-likeness (QED) is 0.647. The molecule has 0 radical (unpaired) electrons. The summed E-state index contributed by atoms with van der Waals surface area (Å²) in [7, 11) is 1.73. The molecule has 0 fully saturated rings. The summed E-state index contributed by atoms with van der Waals surface area (Å²) in [6.45, 7) is 0.433. The lowest BCUT2D eigenvalue weighted by atomic mass is 10.2. The van der Waals surface area contributed by atoms with E-state index in [2.05, 4.69) is 4.98 Å². The molecule has 2 aromatic heterocycles. The van der Waals surface area contributed by atoms with Gasteiger partial charge < -0.3 is 9.64 Å². The third kappa shape index (κ3) is 3.80. The van der Waals surface area contributed by atoms with Crippen LogP contribution in [0.15, 0.2) is 42.6 Å². The molecule has 0 spiro atoms. The van der Waals surface area contributed by atoms with Crippen LogP contribution in [-0.2, 0) is 11.3 Å². The molecule has 0 aliphatic carbocycles. The highest BCUT2D eigenvalue weighted by Gasteiger charge is 2.13. The number of carbonyl (C=O) groups is 1. The van der Waals surface area contributed by atoms with Crippen molar-refractivity contribution in [3.63, 3.8) is 0 Å². The number of nitrogens with zero attached hydrogens (tertiary/aromatic N) is 2. The third-order valence-electron chi connectivity index (χ3n) is 3.48. The maximum Gasteiger partial charge on any atom is 0.260 e. The van der Waals surface area contributed by atoms with Gasteiger partial charge in [-0.2, -0.15) is 0 Å². The van der Waals surface area contributed by atoms with Crippen LogP contribution in [0, 0.1) is 0 Å². The monoisotopic (exact) mass is 380 g/mol. The Kier molecular flexibility index (Phi) is 5.23. The minimum absolute atomic E-state index is 0.0666. The predicted octanol–water partition coefficient (Wildman–Crippen LogP) is 4.64. The number of amides is 1. The lowest BCUT2D eigenvalue weighted by Crippen LogP contribution is -2.30. The molecule has 0 aliphatic rings. The van der Waals surface area contributed by atoms with Gasteiger partial charge in [-0.15, -0.1) is 11.3 Å². The fraction of sp³-hybridized carbons (Fsp3) is 0.176. The van der Waals surface area contributed by atoms with Crippen LogP contribution in [0.2, 0.25) is 9.36 Å². The smallest absolute Gasteiger partial charge is 0.260 e. The normalized spacial score (nSPS) is 10.8. The first-order chi connectivity index (χ1) is 11.5. The molecule has 3 aromatic rings. The first-order valence-electron chi connectivity index (χ1n) is 7.19. The first-order valence-corrected chi connectivity index (χ1v) is 8.76. The van der Waals surface area contributed by atoms with E-state index in [-0.39, 0.29) is 12.5 Å². The Hall–Kier alpha value is -1.82. The summed E-state index contributed by atoms with van der Waals surface area (Å²) in [4.78, 5) is 19.2. The molecule has 0 bridgehead atoms. The van der Waals surface area contributed by atoms with Crippen molar-refractivity contribution in [3.05, 3.63) is 56.8 Å². The number of fused-ring (bicyclic) bond motifs is 1. The summed E-state index contributed by atoms with van der Waals surface area (Å²) >= 11 is 13.5. The lowest BCUT2D eigenvalue weighted by Gasteiger charge is -2.17. The van der Waals surface area contributed by atoms with Gasteiger partial charge in [-0.05, 0) is 36.4 Å². The van der Waals surface area contributed by atoms with E-state index < -0.39 is 0 Å². The molecule has 1 aromatic carbocycles. The molecule has 24 heavy (non-hydrogen) atoms. The summed E-state index contributed by atoms with van der Waals surface area (Å²) in [6.07, 6.45) is 1.67. The number of likely N-dealkylation sites (N-methyl/N-ethyl adjacent to an activating group) is 1. The van der Waals surface area contributed by atoms with E-state index in [1.807, 2.05) is 24.3 Å². The highest BCUT2D eigenvalue weighted by molar-refractivity contribution is 7.16. The molecule has 7 heteroatoms. The number of carbonyl (C=O) groups excluding carboxylic acids is 1. The van der Waals surface area contributed by atoms with Crippen molar-refractivity contribution in [3.8, 4) is 5.75 Å². The minimum atomic E-state index is -0.126. The molecule has 3 rings (SSSR count). The highest BCUT2D eigenvalue weighted by atomic mass is 35.5. The van der Waals surface area contributed by atoms with Crippen LogP contribution in [0.3, 0.4) is 0 Å². The van der Waals surface area contributed by atoms with Crippen LogP contribution in [0.1, 0.15) is 4.88 Å². The average molecular weight is 381 g/mol. The van der Waals surface area contributed by atoms with Crippen molar-refractivity contribution in [2.75, 3.05) is 13.7 Å². The van der Waals surface area contributed by atoms with Crippen LogP contribution in [-0.4, -0.2) is 29.4 Å². The molecule has 2 heterocycles. The summed E-state index contributed by atoms with van der Waals surface area (Å²) in [6, 6.07) is 10.9. The number of thiophene rings is 1. The van der Waals surface area contributed by atoms with Crippen LogP contribution in [0.4, 0.5) is 0 Å². The molecule has 0 atom stereocenters. The fourth-order valence-electron chi connectivity index (χ4n) is 2.24. The van der Waals surface area contributed by atoms with Crippen molar-refractivity contribution in [1.82, 2.24) is 9.88 Å². The summed E-state index contributed by atoms with van der Waals surface area (Å²) in [5.41, 5.74) is 0.644. The van der Waals surface area contributed by atoms with Gasteiger partial charge in [0.05, 0.1) is 15.9 Å². The van der Waals surface area contributed by atoms with E-state index in [1.165, 1.54) is 11.3 Å². The van der Waals surface area contributed by atoms with Gasteiger partial charge in [0.1, 0.15) is 11.3 Å². The number of hydrogen-bond donors (Lipinski definition) is 0. The molecule has 124 valence electrons. The zero-order chi connectivity index (χ0) is 17.1. The number of halogens is 2. The van der Waals surface area contributed by atoms with Gasteiger partial charge in [0.25, 0.3) is 5.91 Å². The predicted molar refractivity (Wildman–Crippen MR) is 98.1 cm³/mol. The van der Waals surface area contributed by atoms with E-state index in [4.69, 9.17) is 27.9 Å². The van der Waals surface area contributed by atoms with Gasteiger partial charge in [0, 0.05) is 23.5 Å². The van der Waals surface area contributed by atoms with Crippen molar-refractivity contribution < 1.29 is 9.53 Å². The standard InChI is InChI=1S/C17H14Cl2N2O2S/c1-21(9-11-4-7-15(19)24-11)16(22)10-23-14-6-5-13(18)12-3-2-8-20-17(12)14/h2-8H,9-10H2,1H3. The van der Waals surface area contributed by atoms with Crippen LogP contribution in [0.5, 0.6) is 5.75 Å². The maximum atomic E-state index is 12.3. The number of ether oxygens (including phenoxy) is 1. The van der Waals surface area contributed by atoms with E-state index in [0.29, 0.717) is 27.2 Å². The molecule has 0 unspecified atom stereocenters.